The summed E-state index contributed by atoms with van der Waals surface area (Å²) in [4.78, 5) is 39.7. The molecule has 1 saturated heterocycles. The van der Waals surface area contributed by atoms with Crippen molar-refractivity contribution in [3.8, 4) is 0 Å². The molecule has 27 heavy (non-hydrogen) atoms. The highest BCUT2D eigenvalue weighted by molar-refractivity contribution is 6.06. The molecule has 6 nitrogen and oxygen atoms in total. The second kappa shape index (κ2) is 8.03. The summed E-state index contributed by atoms with van der Waals surface area (Å²) in [7, 11) is 1.67. The summed E-state index contributed by atoms with van der Waals surface area (Å²) in [5.74, 6) is -0.639. The lowest BCUT2D eigenvalue weighted by atomic mass is 10.1. The number of rotatable bonds is 6. The van der Waals surface area contributed by atoms with Crippen molar-refractivity contribution in [3.05, 3.63) is 71.3 Å². The zero-order valence-electron chi connectivity index (χ0n) is 15.5. The van der Waals surface area contributed by atoms with E-state index in [1.807, 2.05) is 61.5 Å². The fourth-order valence-electron chi connectivity index (χ4n) is 3.03. The van der Waals surface area contributed by atoms with Crippen LogP contribution in [0.25, 0.3) is 0 Å². The summed E-state index contributed by atoms with van der Waals surface area (Å²) in [6.07, 6.45) is 0.412. The van der Waals surface area contributed by atoms with Gasteiger partial charge >= 0.3 is 6.03 Å². The lowest BCUT2D eigenvalue weighted by Gasteiger charge is -2.20. The zero-order chi connectivity index (χ0) is 19.4. The van der Waals surface area contributed by atoms with Gasteiger partial charge in [0.15, 0.2) is 0 Å². The first kappa shape index (κ1) is 18.6. The zero-order valence-corrected chi connectivity index (χ0v) is 15.5. The lowest BCUT2D eigenvalue weighted by Crippen LogP contribution is -2.41. The minimum absolute atomic E-state index is 0.252. The Morgan fingerprint density at radius 3 is 2.37 bits per heavy atom. The van der Waals surface area contributed by atoms with Crippen LogP contribution in [-0.2, 0) is 22.6 Å². The van der Waals surface area contributed by atoms with E-state index in [0.717, 1.165) is 21.6 Å². The minimum Gasteiger partial charge on any atom is -0.340 e. The molecule has 1 fully saturated rings. The van der Waals surface area contributed by atoms with Crippen LogP contribution in [0.15, 0.2) is 54.6 Å². The van der Waals surface area contributed by atoms with E-state index in [1.165, 1.54) is 4.90 Å². The molecule has 0 aromatic heterocycles. The molecule has 2 aromatic rings. The van der Waals surface area contributed by atoms with E-state index in [9.17, 15) is 14.4 Å². The van der Waals surface area contributed by atoms with Crippen LogP contribution in [0.2, 0.25) is 0 Å². The van der Waals surface area contributed by atoms with Crippen LogP contribution in [-0.4, -0.2) is 47.3 Å². The summed E-state index contributed by atoms with van der Waals surface area (Å²) in [6.45, 7) is 2.18. The van der Waals surface area contributed by atoms with Crippen molar-refractivity contribution in [3.63, 3.8) is 0 Å². The van der Waals surface area contributed by atoms with Crippen molar-refractivity contribution in [2.75, 3.05) is 13.6 Å². The SMILES string of the molecule is Cc1ccc(CN(C)C(=O)CN2C(=O)N[C@@H](Cc3ccccc3)C2=O)cc1. The Bertz CT molecular complexity index is 834. The monoisotopic (exact) mass is 365 g/mol. The van der Waals surface area contributed by atoms with Crippen LogP contribution in [0, 0.1) is 6.92 Å². The topological polar surface area (TPSA) is 69.7 Å². The average Bonchev–Trinajstić information content (AvgIpc) is 2.91. The number of amides is 4. The van der Waals surface area contributed by atoms with E-state index in [-0.39, 0.29) is 18.4 Å². The number of benzene rings is 2. The summed E-state index contributed by atoms with van der Waals surface area (Å²) in [5.41, 5.74) is 3.10. The number of nitrogens with one attached hydrogen (secondary N) is 1. The molecule has 0 bridgehead atoms. The number of carbonyl (C=O) groups is 3. The van der Waals surface area contributed by atoms with Gasteiger partial charge in [0.25, 0.3) is 5.91 Å². The van der Waals surface area contributed by atoms with Gasteiger partial charge < -0.3 is 10.2 Å². The Kier molecular flexibility index (Phi) is 5.54. The van der Waals surface area contributed by atoms with Gasteiger partial charge in [0, 0.05) is 20.0 Å². The predicted molar refractivity (Wildman–Crippen MR) is 102 cm³/mol. The molecule has 6 heteroatoms. The highest BCUT2D eigenvalue weighted by atomic mass is 16.2. The van der Waals surface area contributed by atoms with Crippen LogP contribution in [0.3, 0.4) is 0 Å². The number of aryl methyl sites for hydroxylation is 1. The maximum Gasteiger partial charge on any atom is 0.325 e. The summed E-state index contributed by atoms with van der Waals surface area (Å²) in [5, 5.41) is 2.67. The maximum atomic E-state index is 12.5. The Morgan fingerprint density at radius 2 is 1.70 bits per heavy atom. The van der Waals surface area contributed by atoms with Gasteiger partial charge in [-0.2, -0.15) is 0 Å². The third kappa shape index (κ3) is 4.53. The Hall–Kier alpha value is -3.15. The third-order valence-corrected chi connectivity index (χ3v) is 4.65. The molecule has 1 heterocycles. The van der Waals surface area contributed by atoms with E-state index < -0.39 is 12.1 Å². The highest BCUT2D eigenvalue weighted by Gasteiger charge is 2.39. The molecule has 0 unspecified atom stereocenters. The van der Waals surface area contributed by atoms with Crippen LogP contribution in [0.4, 0.5) is 4.79 Å². The van der Waals surface area contributed by atoms with Crippen LogP contribution in [0.1, 0.15) is 16.7 Å². The van der Waals surface area contributed by atoms with Crippen molar-refractivity contribution in [2.45, 2.75) is 25.9 Å². The smallest absolute Gasteiger partial charge is 0.325 e. The molecule has 0 spiro atoms. The first-order valence-corrected chi connectivity index (χ1v) is 8.89. The highest BCUT2D eigenvalue weighted by Crippen LogP contribution is 2.13. The van der Waals surface area contributed by atoms with E-state index in [2.05, 4.69) is 5.32 Å². The molecular formula is C21H23N3O3. The maximum absolute atomic E-state index is 12.5. The standard InChI is InChI=1S/C21H23N3O3/c1-15-8-10-17(11-9-15)13-23(2)19(25)14-24-20(26)18(22-21(24)27)12-16-6-4-3-5-7-16/h3-11,18H,12-14H2,1-2H3,(H,22,27)/t18-/m0/s1. The first-order chi connectivity index (χ1) is 12.9. The number of likely N-dealkylation sites (N-methyl/N-ethyl adjacent to an activating group) is 1. The molecular weight excluding hydrogens is 342 g/mol. The van der Waals surface area contributed by atoms with Gasteiger partial charge in [-0.15, -0.1) is 0 Å². The summed E-state index contributed by atoms with van der Waals surface area (Å²) < 4.78 is 0. The van der Waals surface area contributed by atoms with Gasteiger partial charge in [0.05, 0.1) is 0 Å². The van der Waals surface area contributed by atoms with E-state index in [4.69, 9.17) is 0 Å². The van der Waals surface area contributed by atoms with Crippen LogP contribution in [0.5, 0.6) is 0 Å². The van der Waals surface area contributed by atoms with Crippen LogP contribution < -0.4 is 5.32 Å². The number of imide groups is 1. The number of urea groups is 1. The first-order valence-electron chi connectivity index (χ1n) is 8.89. The predicted octanol–water partition coefficient (Wildman–Crippen LogP) is 2.12. The van der Waals surface area contributed by atoms with Gasteiger partial charge in [0.2, 0.25) is 5.91 Å². The molecule has 1 aliphatic heterocycles. The van der Waals surface area contributed by atoms with Crippen molar-refractivity contribution in [1.82, 2.24) is 15.1 Å². The third-order valence-electron chi connectivity index (χ3n) is 4.65. The Morgan fingerprint density at radius 1 is 1.04 bits per heavy atom. The Labute approximate surface area is 158 Å². The van der Waals surface area contributed by atoms with Gasteiger partial charge in [-0.1, -0.05) is 60.2 Å². The molecule has 0 saturated carbocycles. The fourth-order valence-corrected chi connectivity index (χ4v) is 3.03. The van der Waals surface area contributed by atoms with Crippen molar-refractivity contribution in [2.24, 2.45) is 0 Å². The summed E-state index contributed by atoms with van der Waals surface area (Å²) >= 11 is 0. The normalized spacial score (nSPS) is 16.4. The molecule has 0 aliphatic carbocycles. The van der Waals surface area contributed by atoms with Crippen molar-refractivity contribution < 1.29 is 14.4 Å². The molecule has 1 aliphatic rings. The van der Waals surface area contributed by atoms with Crippen molar-refractivity contribution >= 4 is 17.8 Å². The second-order valence-electron chi connectivity index (χ2n) is 6.85. The molecule has 3 rings (SSSR count). The average molecular weight is 365 g/mol. The Balaban J connectivity index is 1.59. The van der Waals surface area contributed by atoms with E-state index in [1.54, 1.807) is 7.05 Å². The van der Waals surface area contributed by atoms with Gasteiger partial charge in [-0.3, -0.25) is 14.5 Å². The van der Waals surface area contributed by atoms with Gasteiger partial charge in [-0.05, 0) is 18.1 Å². The van der Waals surface area contributed by atoms with E-state index in [0.29, 0.717) is 13.0 Å². The largest absolute Gasteiger partial charge is 0.340 e. The fraction of sp³-hybridized carbons (Fsp3) is 0.286. The minimum atomic E-state index is -0.630. The van der Waals surface area contributed by atoms with Gasteiger partial charge in [0.1, 0.15) is 12.6 Å². The number of nitrogens with zero attached hydrogens (tertiary/aromatic N) is 2. The molecule has 1 atom stereocenters. The molecule has 4 amide bonds. The quantitative estimate of drug-likeness (QED) is 0.797. The molecule has 2 aromatic carbocycles. The number of hydrogen-bond acceptors (Lipinski definition) is 3. The van der Waals surface area contributed by atoms with Gasteiger partial charge in [-0.25, -0.2) is 4.79 Å². The lowest BCUT2D eigenvalue weighted by molar-refractivity contribution is -0.136. The number of hydrogen-bond donors (Lipinski definition) is 1. The molecule has 0 radical (unpaired) electrons. The van der Waals surface area contributed by atoms with E-state index >= 15 is 0 Å². The van der Waals surface area contributed by atoms with Crippen molar-refractivity contribution in [1.29, 1.82) is 0 Å². The molecule has 140 valence electrons. The second-order valence-corrected chi connectivity index (χ2v) is 6.85. The number of carbonyl (C=O) groups excluding carboxylic acids is 3. The summed E-state index contributed by atoms with van der Waals surface area (Å²) in [6, 6.07) is 16.2. The van der Waals surface area contributed by atoms with Crippen LogP contribution >= 0.6 is 0 Å². The molecule has 1 N–H and O–H groups in total.